The van der Waals surface area contributed by atoms with Crippen molar-refractivity contribution in [3.05, 3.63) is 77.4 Å². The van der Waals surface area contributed by atoms with Crippen molar-refractivity contribution >= 4 is 28.4 Å². The van der Waals surface area contributed by atoms with Crippen LogP contribution in [0.15, 0.2) is 66.1 Å². The molecule has 5 rings (SSSR count). The molecule has 0 amide bonds. The molecule has 0 aliphatic carbocycles. The molecule has 0 spiro atoms. The fourth-order valence-corrected chi connectivity index (χ4v) is 4.75. The largest absolute Gasteiger partial charge is 0.395 e. The Balaban J connectivity index is 1.44. The van der Waals surface area contributed by atoms with Crippen LogP contribution in [0.1, 0.15) is 19.5 Å². The predicted molar refractivity (Wildman–Crippen MR) is 152 cm³/mol. The molecular formula is C28H34N8O3. The zero-order chi connectivity index (χ0) is 27.6. The number of fused-ring (bicyclic) bond motifs is 1. The number of aromatic nitrogens is 5. The van der Waals surface area contributed by atoms with E-state index in [4.69, 9.17) is 5.11 Å². The molecule has 1 saturated heterocycles. The first-order valence-electron chi connectivity index (χ1n) is 13.0. The molecule has 3 aromatic heterocycles. The number of nitrogens with one attached hydrogen (secondary N) is 1. The highest BCUT2D eigenvalue weighted by Crippen LogP contribution is 2.23. The van der Waals surface area contributed by atoms with Crippen LogP contribution in [0.3, 0.4) is 0 Å². The van der Waals surface area contributed by atoms with Gasteiger partial charge in [0.2, 0.25) is 5.95 Å². The molecule has 0 saturated carbocycles. The number of piperazine rings is 1. The highest BCUT2D eigenvalue weighted by atomic mass is 16.3. The Morgan fingerprint density at radius 2 is 1.82 bits per heavy atom. The number of hydrogen-bond donors (Lipinski definition) is 3. The van der Waals surface area contributed by atoms with Gasteiger partial charge in [-0.2, -0.15) is 4.98 Å². The van der Waals surface area contributed by atoms with Crippen molar-refractivity contribution in [3.63, 3.8) is 0 Å². The minimum Gasteiger partial charge on any atom is -0.395 e. The molecule has 0 bridgehead atoms. The quantitative estimate of drug-likeness (QED) is 0.280. The van der Waals surface area contributed by atoms with Crippen LogP contribution in [-0.2, 0) is 12.1 Å². The van der Waals surface area contributed by atoms with Gasteiger partial charge in [-0.05, 0) is 50.2 Å². The average Bonchev–Trinajstić information content (AvgIpc) is 3.20. The van der Waals surface area contributed by atoms with Crippen molar-refractivity contribution in [3.8, 4) is 5.82 Å². The average molecular weight is 531 g/mol. The van der Waals surface area contributed by atoms with E-state index in [2.05, 4.69) is 48.8 Å². The van der Waals surface area contributed by atoms with Gasteiger partial charge in [0.25, 0.3) is 5.56 Å². The third-order valence-electron chi connectivity index (χ3n) is 6.83. The first-order chi connectivity index (χ1) is 18.8. The van der Waals surface area contributed by atoms with Gasteiger partial charge in [-0.15, -0.1) is 6.58 Å². The van der Waals surface area contributed by atoms with Crippen LogP contribution < -0.4 is 15.8 Å². The van der Waals surface area contributed by atoms with Gasteiger partial charge < -0.3 is 20.4 Å². The van der Waals surface area contributed by atoms with Crippen molar-refractivity contribution in [2.75, 3.05) is 49.5 Å². The summed E-state index contributed by atoms with van der Waals surface area (Å²) >= 11 is 0. The summed E-state index contributed by atoms with van der Waals surface area (Å²) in [6.07, 6.45) is 3.15. The smallest absolute Gasteiger partial charge is 0.278 e. The van der Waals surface area contributed by atoms with Gasteiger partial charge >= 0.3 is 0 Å². The Hall–Kier alpha value is -4.06. The zero-order valence-electron chi connectivity index (χ0n) is 22.3. The molecule has 4 aromatic rings. The van der Waals surface area contributed by atoms with Gasteiger partial charge in [-0.3, -0.25) is 9.69 Å². The summed E-state index contributed by atoms with van der Waals surface area (Å²) in [5, 5.41) is 23.2. The molecule has 3 N–H and O–H groups in total. The number of β-amino-alcohol motifs (C(OH)–C–C–N with tert-alkyl or cyclic N) is 1. The lowest BCUT2D eigenvalue weighted by atomic mass is 10.1. The lowest BCUT2D eigenvalue weighted by molar-refractivity contribution is 0.0738. The first-order valence-corrected chi connectivity index (χ1v) is 13.0. The second kappa shape index (κ2) is 11.0. The maximum atomic E-state index is 13.2. The van der Waals surface area contributed by atoms with Gasteiger partial charge in [-0.25, -0.2) is 19.3 Å². The van der Waals surface area contributed by atoms with E-state index in [-0.39, 0.29) is 18.7 Å². The lowest BCUT2D eigenvalue weighted by Crippen LogP contribution is -2.47. The highest BCUT2D eigenvalue weighted by Gasteiger charge is 2.22. The molecule has 1 aromatic carbocycles. The normalized spacial score (nSPS) is 14.6. The number of hydrogen-bond acceptors (Lipinski definition) is 9. The van der Waals surface area contributed by atoms with Crippen LogP contribution in [0.4, 0.5) is 17.3 Å². The minimum atomic E-state index is -1.15. The van der Waals surface area contributed by atoms with E-state index in [0.717, 1.165) is 37.6 Å². The maximum absolute atomic E-state index is 13.2. The Morgan fingerprint density at radius 1 is 1.08 bits per heavy atom. The monoisotopic (exact) mass is 530 g/mol. The van der Waals surface area contributed by atoms with Crippen LogP contribution in [0, 0.1) is 0 Å². The summed E-state index contributed by atoms with van der Waals surface area (Å²) in [5.41, 5.74) is 1.42. The molecule has 0 atom stereocenters. The molecule has 1 aliphatic rings. The second-order valence-corrected chi connectivity index (χ2v) is 10.1. The molecule has 0 radical (unpaired) electrons. The second-order valence-electron chi connectivity index (χ2n) is 10.1. The standard InChI is InChI=1S/C28H34N8O3/c1-4-12-35-26(38)22-19-29-27(32-25(22)36(35)24-7-5-6-23(31-24)28(2,3)39)30-20-8-10-21(11-9-20)34-15-13-33(14-16-34)17-18-37/h4-11,19,37,39H,1,12-18H2,2-3H3,(H,29,30,32). The highest BCUT2D eigenvalue weighted by molar-refractivity contribution is 5.77. The van der Waals surface area contributed by atoms with Crippen LogP contribution >= 0.6 is 0 Å². The number of anilines is 3. The summed E-state index contributed by atoms with van der Waals surface area (Å²) in [4.78, 5) is 31.5. The number of aliphatic hydroxyl groups is 2. The van der Waals surface area contributed by atoms with Crippen molar-refractivity contribution in [1.82, 2.24) is 29.2 Å². The van der Waals surface area contributed by atoms with Crippen LogP contribution in [0.5, 0.6) is 0 Å². The van der Waals surface area contributed by atoms with E-state index in [1.807, 2.05) is 12.1 Å². The maximum Gasteiger partial charge on any atom is 0.278 e. The molecule has 1 aliphatic heterocycles. The van der Waals surface area contributed by atoms with Gasteiger partial charge in [0, 0.05) is 50.3 Å². The molecule has 4 heterocycles. The molecule has 204 valence electrons. The first kappa shape index (κ1) is 26.5. The molecule has 39 heavy (non-hydrogen) atoms. The van der Waals surface area contributed by atoms with Gasteiger partial charge in [-0.1, -0.05) is 12.1 Å². The zero-order valence-corrected chi connectivity index (χ0v) is 22.3. The lowest BCUT2D eigenvalue weighted by Gasteiger charge is -2.35. The van der Waals surface area contributed by atoms with E-state index in [1.165, 1.54) is 10.9 Å². The Labute approximate surface area is 226 Å². The summed E-state index contributed by atoms with van der Waals surface area (Å²) < 4.78 is 3.14. The van der Waals surface area contributed by atoms with E-state index < -0.39 is 5.60 Å². The number of rotatable bonds is 9. The number of nitrogens with zero attached hydrogens (tertiary/aromatic N) is 7. The van der Waals surface area contributed by atoms with Crippen molar-refractivity contribution < 1.29 is 10.2 Å². The predicted octanol–water partition coefficient (Wildman–Crippen LogP) is 2.25. The van der Waals surface area contributed by atoms with Crippen molar-refractivity contribution in [2.24, 2.45) is 0 Å². The molecule has 11 heteroatoms. The number of pyridine rings is 1. The van der Waals surface area contributed by atoms with Crippen molar-refractivity contribution in [2.45, 2.75) is 26.0 Å². The molecular weight excluding hydrogens is 496 g/mol. The topological polar surface area (TPSA) is 125 Å². The molecule has 1 fully saturated rings. The van der Waals surface area contributed by atoms with Gasteiger partial charge in [0.05, 0.1) is 18.8 Å². The van der Waals surface area contributed by atoms with E-state index in [0.29, 0.717) is 35.0 Å². The Bertz CT molecular complexity index is 1510. The van der Waals surface area contributed by atoms with E-state index in [1.54, 1.807) is 42.8 Å². The van der Waals surface area contributed by atoms with Crippen LogP contribution in [0.2, 0.25) is 0 Å². The minimum absolute atomic E-state index is 0.188. The van der Waals surface area contributed by atoms with Gasteiger partial charge in [0.15, 0.2) is 11.5 Å². The number of aliphatic hydroxyl groups excluding tert-OH is 1. The Morgan fingerprint density at radius 3 is 2.49 bits per heavy atom. The third-order valence-corrected chi connectivity index (χ3v) is 6.83. The number of allylic oxidation sites excluding steroid dienone is 1. The van der Waals surface area contributed by atoms with Gasteiger partial charge in [0.1, 0.15) is 11.0 Å². The number of benzene rings is 1. The van der Waals surface area contributed by atoms with E-state index in [9.17, 15) is 9.90 Å². The SMILES string of the molecule is C=CCn1c(=O)c2cnc(Nc3ccc(N4CCN(CCO)CC4)cc3)nc2n1-c1cccc(C(C)(C)O)n1. The van der Waals surface area contributed by atoms with E-state index >= 15 is 0 Å². The Kier molecular flexibility index (Phi) is 7.47. The summed E-state index contributed by atoms with van der Waals surface area (Å²) in [5.74, 6) is 0.799. The molecule has 0 unspecified atom stereocenters. The van der Waals surface area contributed by atoms with Crippen molar-refractivity contribution in [1.29, 1.82) is 0 Å². The van der Waals surface area contributed by atoms with Crippen LogP contribution in [0.25, 0.3) is 16.9 Å². The summed E-state index contributed by atoms with van der Waals surface area (Å²) in [6.45, 7) is 11.9. The summed E-state index contributed by atoms with van der Waals surface area (Å²) in [6, 6.07) is 13.4. The third kappa shape index (κ3) is 5.56. The summed E-state index contributed by atoms with van der Waals surface area (Å²) in [7, 11) is 0. The molecule has 11 nitrogen and oxygen atoms in total. The fraction of sp³-hybridized carbons (Fsp3) is 0.357. The fourth-order valence-electron chi connectivity index (χ4n) is 4.75. The van der Waals surface area contributed by atoms with Crippen LogP contribution in [-0.4, -0.2) is 78.8 Å².